The van der Waals surface area contributed by atoms with Gasteiger partial charge in [0.2, 0.25) is 15.9 Å². The number of sulfonamides is 1. The number of carbonyl (C=O) groups is 2. The Bertz CT molecular complexity index is 1040. The van der Waals surface area contributed by atoms with E-state index in [2.05, 4.69) is 0 Å². The fourth-order valence-corrected chi connectivity index (χ4v) is 4.19. The van der Waals surface area contributed by atoms with Crippen molar-refractivity contribution in [3.8, 4) is 5.75 Å². The van der Waals surface area contributed by atoms with Crippen LogP contribution < -0.4 is 4.74 Å². The molecule has 2 aromatic rings. The average molecular weight is 451 g/mol. The minimum Gasteiger partial charge on any atom is -0.494 e. The maximum Gasteiger partial charge on any atom is 0.242 e. The highest BCUT2D eigenvalue weighted by molar-refractivity contribution is 7.89. The van der Waals surface area contributed by atoms with Crippen LogP contribution in [0.1, 0.15) is 35.7 Å². The summed E-state index contributed by atoms with van der Waals surface area (Å²) in [7, 11) is 0.725. The summed E-state index contributed by atoms with van der Waals surface area (Å²) in [4.78, 5) is 25.3. The second kappa shape index (κ2) is 10.5. The van der Waals surface area contributed by atoms with E-state index >= 15 is 0 Å². The largest absolute Gasteiger partial charge is 0.494 e. The van der Waals surface area contributed by atoms with Crippen LogP contribution in [0.3, 0.4) is 0 Å². The molecule has 0 aromatic heterocycles. The summed E-state index contributed by atoms with van der Waals surface area (Å²) >= 11 is 0. The van der Waals surface area contributed by atoms with Gasteiger partial charge in [-0.2, -0.15) is 0 Å². The Morgan fingerprint density at radius 3 is 2.26 bits per heavy atom. The fraction of sp³-hybridized carbons (Fsp3) is 0.364. The number of ether oxygens (including phenoxy) is 1. The Morgan fingerprint density at radius 2 is 1.71 bits per heavy atom. The molecule has 1 amide bonds. The van der Waals surface area contributed by atoms with Gasteiger partial charge in [-0.15, -0.1) is 0 Å². The van der Waals surface area contributed by atoms with Crippen LogP contribution in [0.15, 0.2) is 47.4 Å². The van der Waals surface area contributed by atoms with Gasteiger partial charge in [0.25, 0.3) is 0 Å². The van der Waals surface area contributed by atoms with Gasteiger partial charge >= 0.3 is 0 Å². The van der Waals surface area contributed by atoms with Crippen molar-refractivity contribution in [2.24, 2.45) is 0 Å². The van der Waals surface area contributed by atoms with E-state index in [1.165, 1.54) is 66.7 Å². The predicted molar refractivity (Wildman–Crippen MR) is 115 cm³/mol. The van der Waals surface area contributed by atoms with Crippen LogP contribution in [-0.4, -0.2) is 57.1 Å². The number of nitrogens with zero attached hydrogens (tertiary/aromatic N) is 2. The van der Waals surface area contributed by atoms with Gasteiger partial charge in [0.1, 0.15) is 0 Å². The van der Waals surface area contributed by atoms with Gasteiger partial charge in [-0.3, -0.25) is 9.59 Å². The van der Waals surface area contributed by atoms with Crippen molar-refractivity contribution in [3.63, 3.8) is 0 Å². The van der Waals surface area contributed by atoms with Gasteiger partial charge in [-0.1, -0.05) is 18.2 Å². The zero-order valence-corrected chi connectivity index (χ0v) is 18.9. The first kappa shape index (κ1) is 24.5. The molecular weight excluding hydrogens is 423 g/mol. The number of halogens is 1. The summed E-state index contributed by atoms with van der Waals surface area (Å²) in [5.41, 5.74) is 1.06. The molecule has 0 aliphatic rings. The number of amides is 1. The average Bonchev–Trinajstić information content (AvgIpc) is 2.73. The lowest BCUT2D eigenvalue weighted by molar-refractivity contribution is -0.130. The molecule has 0 unspecified atom stereocenters. The number of ketones is 1. The highest BCUT2D eigenvalue weighted by atomic mass is 32.2. The third-order valence-corrected chi connectivity index (χ3v) is 6.77. The number of Topliss-reactive ketones (excluding diaryl/α,β-unsaturated/α-hetero) is 1. The highest BCUT2D eigenvalue weighted by Crippen LogP contribution is 2.19. The Balaban J connectivity index is 1.88. The molecule has 2 rings (SSSR count). The van der Waals surface area contributed by atoms with Crippen molar-refractivity contribution >= 4 is 21.7 Å². The molecule has 0 saturated carbocycles. The van der Waals surface area contributed by atoms with Crippen LogP contribution in [0, 0.1) is 5.82 Å². The highest BCUT2D eigenvalue weighted by Gasteiger charge is 2.21. The summed E-state index contributed by atoms with van der Waals surface area (Å²) in [5, 5.41) is 0. The quantitative estimate of drug-likeness (QED) is 0.520. The molecule has 2 aromatic carbocycles. The molecule has 31 heavy (non-hydrogen) atoms. The van der Waals surface area contributed by atoms with E-state index in [4.69, 9.17) is 4.74 Å². The van der Waals surface area contributed by atoms with E-state index in [0.717, 1.165) is 0 Å². The molecule has 168 valence electrons. The van der Waals surface area contributed by atoms with Gasteiger partial charge in [-0.05, 0) is 43.2 Å². The Labute approximate surface area is 182 Å². The first-order valence-electron chi connectivity index (χ1n) is 9.70. The summed E-state index contributed by atoms with van der Waals surface area (Å²) in [6.45, 7) is 1.80. The number of methoxy groups -OCH3 is 1. The van der Waals surface area contributed by atoms with Crippen molar-refractivity contribution < 1.29 is 27.1 Å². The van der Waals surface area contributed by atoms with Crippen LogP contribution in [-0.2, 0) is 21.4 Å². The van der Waals surface area contributed by atoms with Crippen molar-refractivity contribution in [1.29, 1.82) is 0 Å². The predicted octanol–water partition coefficient (Wildman–Crippen LogP) is 3.10. The molecule has 7 nitrogen and oxygen atoms in total. The Morgan fingerprint density at radius 1 is 1.06 bits per heavy atom. The van der Waals surface area contributed by atoms with E-state index in [-0.39, 0.29) is 41.8 Å². The summed E-state index contributed by atoms with van der Waals surface area (Å²) in [5.74, 6) is -0.674. The van der Waals surface area contributed by atoms with Crippen LogP contribution >= 0.6 is 0 Å². The number of hydrogen-bond donors (Lipinski definition) is 0. The monoisotopic (exact) mass is 450 g/mol. The van der Waals surface area contributed by atoms with E-state index in [0.29, 0.717) is 17.5 Å². The number of benzene rings is 2. The lowest BCUT2D eigenvalue weighted by atomic mass is 10.2. The smallest absolute Gasteiger partial charge is 0.242 e. The summed E-state index contributed by atoms with van der Waals surface area (Å²) < 4.78 is 45.2. The molecule has 0 spiro atoms. The Kier molecular flexibility index (Phi) is 8.29. The van der Waals surface area contributed by atoms with Crippen molar-refractivity contribution in [2.45, 2.75) is 31.2 Å². The normalized spacial score (nSPS) is 11.4. The van der Waals surface area contributed by atoms with E-state index in [1.807, 2.05) is 0 Å². The van der Waals surface area contributed by atoms with E-state index < -0.39 is 15.8 Å². The lowest BCUT2D eigenvalue weighted by Crippen LogP contribution is -2.30. The zero-order valence-electron chi connectivity index (χ0n) is 18.1. The first-order valence-corrected chi connectivity index (χ1v) is 11.1. The molecule has 0 N–H and O–H groups in total. The van der Waals surface area contributed by atoms with Crippen LogP contribution in [0.5, 0.6) is 5.75 Å². The SMILES string of the molecule is COc1ccc(CN(C)C(=O)CCCN(C)S(=O)(=O)c2ccc(C(C)=O)cc2)cc1F. The number of hydrogen-bond acceptors (Lipinski definition) is 5. The van der Waals surface area contributed by atoms with Crippen molar-refractivity contribution in [1.82, 2.24) is 9.21 Å². The fourth-order valence-electron chi connectivity index (χ4n) is 2.98. The number of carbonyl (C=O) groups excluding carboxylic acids is 2. The maximum atomic E-state index is 13.8. The minimum atomic E-state index is -3.72. The van der Waals surface area contributed by atoms with Crippen molar-refractivity contribution in [2.75, 3.05) is 27.7 Å². The van der Waals surface area contributed by atoms with Gasteiger partial charge in [-0.25, -0.2) is 17.1 Å². The third kappa shape index (κ3) is 6.35. The lowest BCUT2D eigenvalue weighted by Gasteiger charge is -2.20. The molecule has 0 saturated heterocycles. The minimum absolute atomic E-state index is 0.0879. The maximum absolute atomic E-state index is 13.8. The molecule has 9 heteroatoms. The van der Waals surface area contributed by atoms with Gasteiger partial charge < -0.3 is 9.64 Å². The Hall–Kier alpha value is -2.78. The van der Waals surface area contributed by atoms with Gasteiger partial charge in [0.15, 0.2) is 17.3 Å². The number of rotatable bonds is 10. The third-order valence-electron chi connectivity index (χ3n) is 4.89. The molecule has 0 atom stereocenters. The zero-order chi connectivity index (χ0) is 23.2. The molecule has 0 aliphatic heterocycles. The van der Waals surface area contributed by atoms with Crippen LogP contribution in [0.4, 0.5) is 4.39 Å². The van der Waals surface area contributed by atoms with Crippen LogP contribution in [0.2, 0.25) is 0 Å². The summed E-state index contributed by atoms with van der Waals surface area (Å²) in [6, 6.07) is 10.3. The van der Waals surface area contributed by atoms with Gasteiger partial charge in [0.05, 0.1) is 12.0 Å². The molecule has 0 aliphatic carbocycles. The molecule has 0 bridgehead atoms. The van der Waals surface area contributed by atoms with E-state index in [9.17, 15) is 22.4 Å². The standard InChI is InChI=1S/C22H27FN2O5S/c1-16(26)18-8-10-19(11-9-18)31(28,29)25(3)13-5-6-22(27)24(2)15-17-7-12-21(30-4)20(23)14-17/h7-12,14H,5-6,13,15H2,1-4H3. The second-order valence-corrected chi connectivity index (χ2v) is 9.27. The van der Waals surface area contributed by atoms with Crippen LogP contribution in [0.25, 0.3) is 0 Å². The first-order chi connectivity index (χ1) is 14.6. The molecule has 0 radical (unpaired) electrons. The second-order valence-electron chi connectivity index (χ2n) is 7.23. The molecule has 0 heterocycles. The molecular formula is C22H27FN2O5S. The van der Waals surface area contributed by atoms with Crippen molar-refractivity contribution in [3.05, 3.63) is 59.4 Å². The molecule has 0 fully saturated rings. The van der Waals surface area contributed by atoms with E-state index in [1.54, 1.807) is 13.1 Å². The summed E-state index contributed by atoms with van der Waals surface area (Å²) in [6.07, 6.45) is 0.486. The topological polar surface area (TPSA) is 84.0 Å². The van der Waals surface area contributed by atoms with Gasteiger partial charge in [0, 0.05) is 39.2 Å².